The van der Waals surface area contributed by atoms with Crippen LogP contribution in [0.15, 0.2) is 24.3 Å². The van der Waals surface area contributed by atoms with E-state index in [4.69, 9.17) is 0 Å². The Balaban J connectivity index is 2.35. The Hall–Kier alpha value is -1.16. The topological polar surface area (TPSA) is 37.4 Å². The molecule has 0 bridgehead atoms. The van der Waals surface area contributed by atoms with Gasteiger partial charge >= 0.3 is 0 Å². The number of hydrogen-bond donors (Lipinski definition) is 0. The van der Waals surface area contributed by atoms with Gasteiger partial charge in [0.15, 0.2) is 6.29 Å². The van der Waals surface area contributed by atoms with E-state index in [1.165, 1.54) is 0 Å². The molecule has 0 aromatic heterocycles. The molecule has 84 valence electrons. The van der Waals surface area contributed by atoms with Crippen LogP contribution in [-0.4, -0.2) is 30.5 Å². The van der Waals surface area contributed by atoms with Gasteiger partial charge in [-0.3, -0.25) is 9.59 Å². The fourth-order valence-corrected chi connectivity index (χ4v) is 2.55. The summed E-state index contributed by atoms with van der Waals surface area (Å²) in [6, 6.07) is 7.78. The molecule has 0 N–H and O–H groups in total. The summed E-state index contributed by atoms with van der Waals surface area (Å²) in [7, 11) is 0. The highest BCUT2D eigenvalue weighted by Crippen LogP contribution is 2.36. The van der Waals surface area contributed by atoms with Gasteiger partial charge < -0.3 is 4.90 Å². The van der Waals surface area contributed by atoms with Gasteiger partial charge in [0, 0.05) is 24.1 Å². The summed E-state index contributed by atoms with van der Waals surface area (Å²) in [5.74, 6) is -0.614. The lowest BCUT2D eigenvalue weighted by Crippen LogP contribution is -2.26. The number of alkyl halides is 1. The van der Waals surface area contributed by atoms with Gasteiger partial charge in [0.25, 0.3) is 0 Å². The summed E-state index contributed by atoms with van der Waals surface area (Å²) in [6.07, 6.45) is 0.430. The summed E-state index contributed by atoms with van der Waals surface area (Å²) >= 11 is 3.39. The number of nitrogens with zero attached hydrogens (tertiary/aromatic N) is 1. The first-order chi connectivity index (χ1) is 7.77. The predicted octanol–water partition coefficient (Wildman–Crippen LogP) is 1.75. The van der Waals surface area contributed by atoms with E-state index in [1.54, 1.807) is 0 Å². The number of ketones is 1. The summed E-state index contributed by atoms with van der Waals surface area (Å²) < 4.78 is 0. The number of halogens is 1. The molecule has 1 aromatic rings. The zero-order chi connectivity index (χ0) is 11.5. The van der Waals surface area contributed by atoms with Gasteiger partial charge in [0.2, 0.25) is 5.78 Å². The van der Waals surface area contributed by atoms with Crippen molar-refractivity contribution in [2.45, 2.75) is 5.92 Å². The van der Waals surface area contributed by atoms with Crippen LogP contribution in [0.2, 0.25) is 0 Å². The molecular formula is C12H12BrNO2. The molecule has 0 radical (unpaired) electrons. The Morgan fingerprint density at radius 3 is 2.94 bits per heavy atom. The average molecular weight is 282 g/mol. The fraction of sp³-hybridized carbons (Fsp3) is 0.333. The zero-order valence-electron chi connectivity index (χ0n) is 8.73. The van der Waals surface area contributed by atoms with Gasteiger partial charge in [-0.25, -0.2) is 0 Å². The lowest BCUT2D eigenvalue weighted by atomic mass is 9.98. The van der Waals surface area contributed by atoms with Gasteiger partial charge in [0.1, 0.15) is 0 Å². The van der Waals surface area contributed by atoms with Crippen LogP contribution in [0.3, 0.4) is 0 Å². The Morgan fingerprint density at radius 1 is 1.50 bits per heavy atom. The smallest absolute Gasteiger partial charge is 0.204 e. The Labute approximate surface area is 103 Å². The van der Waals surface area contributed by atoms with E-state index in [9.17, 15) is 9.59 Å². The number of hydrogen-bond acceptors (Lipinski definition) is 3. The van der Waals surface area contributed by atoms with Crippen LogP contribution in [0.5, 0.6) is 0 Å². The summed E-state index contributed by atoms with van der Waals surface area (Å²) in [6.45, 7) is 1.46. The molecule has 0 saturated heterocycles. The molecule has 1 heterocycles. The van der Waals surface area contributed by atoms with Crippen LogP contribution in [0.25, 0.3) is 0 Å². The standard InChI is InChI=1S/C12H12BrNO2/c13-5-6-14-7-10(12(16)8-15)9-3-1-2-4-11(9)14/h1-4,8,10H,5-7H2. The molecule has 1 aliphatic heterocycles. The average Bonchev–Trinajstić information content (AvgIpc) is 2.68. The van der Waals surface area contributed by atoms with Crippen molar-refractivity contribution in [3.05, 3.63) is 29.8 Å². The third kappa shape index (κ3) is 1.89. The van der Waals surface area contributed by atoms with Crippen LogP contribution in [0.1, 0.15) is 11.5 Å². The van der Waals surface area contributed by atoms with E-state index in [1.807, 2.05) is 24.3 Å². The van der Waals surface area contributed by atoms with Gasteiger partial charge in [-0.2, -0.15) is 0 Å². The minimum atomic E-state index is -0.329. The molecule has 3 nitrogen and oxygen atoms in total. The summed E-state index contributed by atoms with van der Waals surface area (Å²) in [5, 5.41) is 0.851. The summed E-state index contributed by atoms with van der Waals surface area (Å²) in [4.78, 5) is 24.2. The molecule has 16 heavy (non-hydrogen) atoms. The fourth-order valence-electron chi connectivity index (χ4n) is 2.13. The Kier molecular flexibility index (Phi) is 3.39. The third-order valence-corrected chi connectivity index (χ3v) is 3.22. The van der Waals surface area contributed by atoms with Crippen LogP contribution in [-0.2, 0) is 9.59 Å². The number of rotatable bonds is 4. The van der Waals surface area contributed by atoms with Gasteiger partial charge in [0.05, 0.1) is 5.92 Å². The van der Waals surface area contributed by atoms with E-state index in [0.717, 1.165) is 23.1 Å². The number of Topliss-reactive ketones (excluding diaryl/α,β-unsaturated/α-hetero) is 1. The molecule has 1 aliphatic rings. The molecule has 4 heteroatoms. The van der Waals surface area contributed by atoms with Crippen molar-refractivity contribution in [3.8, 4) is 0 Å². The number of para-hydroxylation sites is 1. The Bertz CT molecular complexity index is 419. The monoisotopic (exact) mass is 281 g/mol. The van der Waals surface area contributed by atoms with E-state index >= 15 is 0 Å². The minimum Gasteiger partial charge on any atom is -0.369 e. The third-order valence-electron chi connectivity index (χ3n) is 2.87. The number of aldehydes is 1. The van der Waals surface area contributed by atoms with Crippen molar-refractivity contribution in [2.75, 3.05) is 23.3 Å². The molecule has 0 fully saturated rings. The molecule has 0 amide bonds. The maximum absolute atomic E-state index is 11.5. The van der Waals surface area contributed by atoms with Crippen molar-refractivity contribution >= 4 is 33.7 Å². The maximum atomic E-state index is 11.5. The number of benzene rings is 1. The first-order valence-corrected chi connectivity index (χ1v) is 6.29. The minimum absolute atomic E-state index is 0.284. The number of carbonyl (C=O) groups excluding carboxylic acids is 2. The van der Waals surface area contributed by atoms with Crippen LogP contribution in [0, 0.1) is 0 Å². The largest absolute Gasteiger partial charge is 0.369 e. The molecule has 0 aliphatic carbocycles. The van der Waals surface area contributed by atoms with Gasteiger partial charge in [-0.05, 0) is 11.6 Å². The Morgan fingerprint density at radius 2 is 2.25 bits per heavy atom. The van der Waals surface area contributed by atoms with E-state index < -0.39 is 0 Å². The normalized spacial score (nSPS) is 18.3. The highest BCUT2D eigenvalue weighted by atomic mass is 79.9. The molecule has 0 spiro atoms. The van der Waals surface area contributed by atoms with E-state index in [0.29, 0.717) is 12.8 Å². The lowest BCUT2D eigenvalue weighted by Gasteiger charge is -2.17. The predicted molar refractivity (Wildman–Crippen MR) is 66.3 cm³/mol. The first kappa shape index (κ1) is 11.3. The maximum Gasteiger partial charge on any atom is 0.204 e. The second-order valence-electron chi connectivity index (χ2n) is 3.77. The van der Waals surface area contributed by atoms with Crippen LogP contribution < -0.4 is 4.90 Å². The zero-order valence-corrected chi connectivity index (χ0v) is 10.3. The van der Waals surface area contributed by atoms with Crippen molar-refractivity contribution in [1.82, 2.24) is 0 Å². The quantitative estimate of drug-likeness (QED) is 0.479. The second-order valence-corrected chi connectivity index (χ2v) is 4.56. The second kappa shape index (κ2) is 4.78. The van der Waals surface area contributed by atoms with E-state index in [-0.39, 0.29) is 11.7 Å². The van der Waals surface area contributed by atoms with Crippen molar-refractivity contribution < 1.29 is 9.59 Å². The first-order valence-electron chi connectivity index (χ1n) is 5.16. The molecule has 1 aromatic carbocycles. The number of anilines is 1. The van der Waals surface area contributed by atoms with Gasteiger partial charge in [-0.1, -0.05) is 34.1 Å². The van der Waals surface area contributed by atoms with Crippen LogP contribution in [0.4, 0.5) is 5.69 Å². The molecule has 1 atom stereocenters. The number of fused-ring (bicyclic) bond motifs is 1. The summed E-state index contributed by atoms with van der Waals surface area (Å²) in [5.41, 5.74) is 2.04. The van der Waals surface area contributed by atoms with Gasteiger partial charge in [-0.15, -0.1) is 0 Å². The molecule has 1 unspecified atom stereocenters. The lowest BCUT2D eigenvalue weighted by molar-refractivity contribution is -0.130. The van der Waals surface area contributed by atoms with Crippen molar-refractivity contribution in [3.63, 3.8) is 0 Å². The van der Waals surface area contributed by atoms with Crippen LogP contribution >= 0.6 is 15.9 Å². The highest BCUT2D eigenvalue weighted by molar-refractivity contribution is 9.09. The molecular weight excluding hydrogens is 270 g/mol. The molecule has 0 saturated carbocycles. The highest BCUT2D eigenvalue weighted by Gasteiger charge is 2.32. The van der Waals surface area contributed by atoms with E-state index in [2.05, 4.69) is 20.8 Å². The van der Waals surface area contributed by atoms with Crippen molar-refractivity contribution in [2.24, 2.45) is 0 Å². The molecule has 2 rings (SSSR count). The SMILES string of the molecule is O=CC(=O)C1CN(CCBr)c2ccccc21. The number of carbonyl (C=O) groups is 2. The van der Waals surface area contributed by atoms with Crippen molar-refractivity contribution in [1.29, 1.82) is 0 Å².